The Kier molecular flexibility index (Phi) is 6.41. The fraction of sp³-hybridized carbons (Fsp3) is 0.118. The first-order chi connectivity index (χ1) is 11.6. The van der Waals surface area contributed by atoms with Crippen molar-refractivity contribution < 1.29 is 9.90 Å². The third-order valence-corrected chi connectivity index (χ3v) is 3.66. The van der Waals surface area contributed by atoms with E-state index in [-0.39, 0.29) is 0 Å². The van der Waals surface area contributed by atoms with E-state index in [2.05, 4.69) is 15.7 Å². The molecule has 0 bridgehead atoms. The lowest BCUT2D eigenvalue weighted by Gasteiger charge is -2.16. The molecule has 0 saturated heterocycles. The van der Waals surface area contributed by atoms with E-state index < -0.39 is 12.0 Å². The number of nitrogens with one attached hydrogen (secondary N) is 2. The third-order valence-electron chi connectivity index (χ3n) is 3.30. The van der Waals surface area contributed by atoms with Crippen LogP contribution >= 0.6 is 12.2 Å². The molecule has 0 fully saturated rings. The van der Waals surface area contributed by atoms with Crippen LogP contribution in [-0.4, -0.2) is 28.4 Å². The highest BCUT2D eigenvalue weighted by atomic mass is 32.1. The molecule has 0 aliphatic rings. The monoisotopic (exact) mass is 342 g/mol. The van der Waals surface area contributed by atoms with Crippen molar-refractivity contribution in [1.29, 1.82) is 0 Å². The molecule has 0 heterocycles. The minimum absolute atomic E-state index is 0.307. The molecule has 6 nitrogen and oxygen atoms in total. The van der Waals surface area contributed by atoms with E-state index >= 15 is 0 Å². The number of hydrogen-bond acceptors (Lipinski definition) is 4. The van der Waals surface area contributed by atoms with Crippen LogP contribution in [0.15, 0.2) is 59.6 Å². The highest BCUT2D eigenvalue weighted by Crippen LogP contribution is 2.14. The Balaban J connectivity index is 2.04. The number of benzene rings is 2. The number of nitrogens with zero attached hydrogens (tertiary/aromatic N) is 1. The lowest BCUT2D eigenvalue weighted by Crippen LogP contribution is -2.41. The Morgan fingerprint density at radius 2 is 1.88 bits per heavy atom. The van der Waals surface area contributed by atoms with Gasteiger partial charge < -0.3 is 15.8 Å². The molecule has 0 aromatic heterocycles. The van der Waals surface area contributed by atoms with Crippen LogP contribution in [0.3, 0.4) is 0 Å². The average Bonchev–Trinajstić information content (AvgIpc) is 2.61. The lowest BCUT2D eigenvalue weighted by atomic mass is 10.1. The summed E-state index contributed by atoms with van der Waals surface area (Å²) >= 11 is 5.29. The zero-order valence-corrected chi connectivity index (χ0v) is 13.7. The van der Waals surface area contributed by atoms with Gasteiger partial charge in [0.25, 0.3) is 0 Å². The molecule has 1 atom stereocenters. The molecular formula is C17H18N4O2S. The summed E-state index contributed by atoms with van der Waals surface area (Å²) in [6.07, 6.45) is 1.68. The molecule has 0 amide bonds. The SMILES string of the molecule is NNC=Nc1ccc(C[C@H](NC(=S)c2ccccc2)C(=O)O)cc1. The smallest absolute Gasteiger partial charge is 0.326 e. The second-order valence-electron chi connectivity index (χ2n) is 5.03. The van der Waals surface area contributed by atoms with Gasteiger partial charge >= 0.3 is 5.97 Å². The molecule has 0 saturated carbocycles. The summed E-state index contributed by atoms with van der Waals surface area (Å²) in [5.74, 6) is 4.16. The maximum Gasteiger partial charge on any atom is 0.326 e. The summed E-state index contributed by atoms with van der Waals surface area (Å²) in [7, 11) is 0. The van der Waals surface area contributed by atoms with E-state index in [1.807, 2.05) is 42.5 Å². The molecule has 2 rings (SSSR count). The summed E-state index contributed by atoms with van der Waals surface area (Å²) in [5.41, 5.74) is 4.70. The second-order valence-corrected chi connectivity index (χ2v) is 5.43. The molecule has 0 aliphatic heterocycles. The van der Waals surface area contributed by atoms with Crippen LogP contribution < -0.4 is 16.6 Å². The number of carbonyl (C=O) groups is 1. The van der Waals surface area contributed by atoms with Gasteiger partial charge in [0.2, 0.25) is 0 Å². The van der Waals surface area contributed by atoms with Crippen LogP contribution in [0.2, 0.25) is 0 Å². The minimum atomic E-state index is -0.956. The maximum atomic E-state index is 11.5. The van der Waals surface area contributed by atoms with Crippen molar-refractivity contribution in [2.75, 3.05) is 0 Å². The predicted octanol–water partition coefficient (Wildman–Crippen LogP) is 1.77. The Hall–Kier alpha value is -2.77. The van der Waals surface area contributed by atoms with Gasteiger partial charge in [-0.3, -0.25) is 0 Å². The van der Waals surface area contributed by atoms with Crippen molar-refractivity contribution >= 4 is 35.2 Å². The summed E-state index contributed by atoms with van der Waals surface area (Å²) in [5, 5.41) is 12.3. The van der Waals surface area contributed by atoms with E-state index in [4.69, 9.17) is 18.1 Å². The van der Waals surface area contributed by atoms with Crippen LogP contribution in [0.4, 0.5) is 5.69 Å². The van der Waals surface area contributed by atoms with Crippen LogP contribution in [0.5, 0.6) is 0 Å². The highest BCUT2D eigenvalue weighted by Gasteiger charge is 2.19. The van der Waals surface area contributed by atoms with E-state index in [1.54, 1.807) is 12.1 Å². The Labute approximate surface area is 145 Å². The van der Waals surface area contributed by atoms with E-state index in [9.17, 15) is 9.90 Å². The molecule has 7 heteroatoms. The fourth-order valence-corrected chi connectivity index (χ4v) is 2.38. The van der Waals surface area contributed by atoms with Crippen LogP contribution in [-0.2, 0) is 11.2 Å². The Bertz CT molecular complexity index is 717. The number of aliphatic carboxylic acids is 1. The van der Waals surface area contributed by atoms with Crippen molar-refractivity contribution in [2.24, 2.45) is 10.8 Å². The van der Waals surface area contributed by atoms with Gasteiger partial charge in [0.1, 0.15) is 17.4 Å². The van der Waals surface area contributed by atoms with Crippen molar-refractivity contribution in [2.45, 2.75) is 12.5 Å². The van der Waals surface area contributed by atoms with Gasteiger partial charge in [-0.2, -0.15) is 0 Å². The number of aliphatic imine (C=N–C) groups is 1. The molecule has 2 aromatic rings. The number of carboxylic acids is 1. The zero-order valence-electron chi connectivity index (χ0n) is 12.8. The molecule has 5 N–H and O–H groups in total. The quantitative estimate of drug-likeness (QED) is 0.201. The molecule has 0 radical (unpaired) electrons. The van der Waals surface area contributed by atoms with Gasteiger partial charge in [0.15, 0.2) is 0 Å². The first-order valence-electron chi connectivity index (χ1n) is 7.26. The number of nitrogens with two attached hydrogens (primary N) is 1. The lowest BCUT2D eigenvalue weighted by molar-refractivity contribution is -0.139. The van der Waals surface area contributed by atoms with Gasteiger partial charge in [0, 0.05) is 12.0 Å². The summed E-state index contributed by atoms with van der Waals surface area (Å²) in [6.45, 7) is 0. The van der Waals surface area contributed by atoms with Crippen LogP contribution in [0.1, 0.15) is 11.1 Å². The first-order valence-corrected chi connectivity index (χ1v) is 7.67. The summed E-state index contributed by atoms with van der Waals surface area (Å²) in [6, 6.07) is 15.7. The summed E-state index contributed by atoms with van der Waals surface area (Å²) in [4.78, 5) is 16.0. The van der Waals surface area contributed by atoms with Gasteiger partial charge in [0.05, 0.1) is 5.69 Å². The van der Waals surface area contributed by atoms with E-state index in [0.29, 0.717) is 11.4 Å². The molecule has 24 heavy (non-hydrogen) atoms. The van der Waals surface area contributed by atoms with Crippen molar-refractivity contribution in [3.05, 3.63) is 65.7 Å². The molecule has 2 aromatic carbocycles. The van der Waals surface area contributed by atoms with Gasteiger partial charge in [-0.15, -0.1) is 0 Å². The zero-order chi connectivity index (χ0) is 17.4. The number of hydrogen-bond donors (Lipinski definition) is 4. The standard InChI is InChI=1S/C17H18N4O2S/c18-20-11-19-14-8-6-12(7-9-14)10-15(17(22)23)21-16(24)13-4-2-1-3-5-13/h1-9,11,15H,10,18H2,(H,19,20)(H,21,24)(H,22,23)/t15-/m0/s1. The average molecular weight is 342 g/mol. The minimum Gasteiger partial charge on any atom is -0.480 e. The molecule has 0 aliphatic carbocycles. The van der Waals surface area contributed by atoms with Crippen molar-refractivity contribution in [3.63, 3.8) is 0 Å². The van der Waals surface area contributed by atoms with Crippen LogP contribution in [0, 0.1) is 0 Å². The Morgan fingerprint density at radius 3 is 2.46 bits per heavy atom. The molecular weight excluding hydrogens is 324 g/mol. The highest BCUT2D eigenvalue weighted by molar-refractivity contribution is 7.80. The van der Waals surface area contributed by atoms with E-state index in [0.717, 1.165) is 16.8 Å². The number of thiocarbonyl (C=S) groups is 1. The van der Waals surface area contributed by atoms with Gasteiger partial charge in [-0.25, -0.2) is 15.6 Å². The van der Waals surface area contributed by atoms with E-state index in [1.165, 1.54) is 6.34 Å². The second kappa shape index (κ2) is 8.76. The number of carboxylic acid groups (broad SMARTS) is 1. The van der Waals surface area contributed by atoms with Crippen LogP contribution in [0.25, 0.3) is 0 Å². The topological polar surface area (TPSA) is 99.7 Å². The number of hydrazine groups is 1. The molecule has 0 unspecified atom stereocenters. The first kappa shape index (κ1) is 17.6. The number of rotatable bonds is 7. The molecule has 0 spiro atoms. The maximum absolute atomic E-state index is 11.5. The predicted molar refractivity (Wildman–Crippen MR) is 98.3 cm³/mol. The van der Waals surface area contributed by atoms with Crippen molar-refractivity contribution in [3.8, 4) is 0 Å². The fourth-order valence-electron chi connectivity index (χ4n) is 2.10. The summed E-state index contributed by atoms with van der Waals surface area (Å²) < 4.78 is 0. The molecule has 124 valence electrons. The third kappa shape index (κ3) is 5.15. The largest absolute Gasteiger partial charge is 0.480 e. The van der Waals surface area contributed by atoms with Gasteiger partial charge in [-0.05, 0) is 17.7 Å². The normalized spacial score (nSPS) is 11.9. The van der Waals surface area contributed by atoms with Gasteiger partial charge in [-0.1, -0.05) is 54.7 Å². The Morgan fingerprint density at radius 1 is 1.21 bits per heavy atom. The van der Waals surface area contributed by atoms with Crippen molar-refractivity contribution in [1.82, 2.24) is 10.7 Å².